The lowest BCUT2D eigenvalue weighted by Crippen LogP contribution is -2.36. The fraction of sp³-hybridized carbons (Fsp3) is 0.300. The molecule has 0 saturated heterocycles. The molecule has 0 aliphatic carbocycles. The highest BCUT2D eigenvalue weighted by molar-refractivity contribution is 5.96. The van der Waals surface area contributed by atoms with Gasteiger partial charge in [-0.2, -0.15) is 0 Å². The molecule has 2 atom stereocenters. The van der Waals surface area contributed by atoms with Crippen LogP contribution in [0.3, 0.4) is 0 Å². The van der Waals surface area contributed by atoms with Crippen molar-refractivity contribution in [3.63, 3.8) is 0 Å². The normalized spacial score (nSPS) is 12.4. The number of hydrogen-bond acceptors (Lipinski definition) is 7. The first-order chi connectivity index (χ1) is 13.8. The third-order valence-electron chi connectivity index (χ3n) is 3.97. The number of hydrogen-bond donors (Lipinski definition) is 1. The molecule has 0 spiro atoms. The Labute approximate surface area is 167 Å². The van der Waals surface area contributed by atoms with Crippen LogP contribution in [-0.4, -0.2) is 36.1 Å². The van der Waals surface area contributed by atoms with E-state index in [4.69, 9.17) is 14.2 Å². The Morgan fingerprint density at radius 3 is 2.45 bits per heavy atom. The highest BCUT2D eigenvalue weighted by atomic mass is 16.6. The van der Waals surface area contributed by atoms with Gasteiger partial charge in [0.25, 0.3) is 11.6 Å². The molecule has 2 aromatic rings. The number of nitro groups is 1. The van der Waals surface area contributed by atoms with E-state index >= 15 is 0 Å². The van der Waals surface area contributed by atoms with Crippen LogP contribution in [0.4, 0.5) is 11.4 Å². The first-order valence-electron chi connectivity index (χ1n) is 8.91. The first-order valence-corrected chi connectivity index (χ1v) is 8.91. The Kier molecular flexibility index (Phi) is 7.53. The minimum absolute atomic E-state index is 0.116. The van der Waals surface area contributed by atoms with Crippen molar-refractivity contribution in [3.05, 3.63) is 58.6 Å². The average molecular weight is 402 g/mol. The van der Waals surface area contributed by atoms with Gasteiger partial charge in [0.2, 0.25) is 0 Å². The molecule has 9 nitrogen and oxygen atoms in total. The fourth-order valence-electron chi connectivity index (χ4n) is 2.40. The summed E-state index contributed by atoms with van der Waals surface area (Å²) in [7, 11) is 1.32. The van der Waals surface area contributed by atoms with E-state index in [9.17, 15) is 19.7 Å². The minimum Gasteiger partial charge on any atom is -0.494 e. The number of non-ortho nitro benzene ring substituents is 1. The van der Waals surface area contributed by atoms with Gasteiger partial charge in [0.05, 0.1) is 23.8 Å². The predicted molar refractivity (Wildman–Crippen MR) is 105 cm³/mol. The minimum atomic E-state index is -1.11. The molecule has 0 heterocycles. The molecule has 2 rings (SSSR count). The van der Waals surface area contributed by atoms with E-state index < -0.39 is 29.0 Å². The zero-order valence-corrected chi connectivity index (χ0v) is 16.3. The van der Waals surface area contributed by atoms with E-state index in [1.54, 1.807) is 31.2 Å². The highest BCUT2D eigenvalue weighted by Crippen LogP contribution is 2.29. The summed E-state index contributed by atoms with van der Waals surface area (Å²) >= 11 is 0. The molecule has 0 fully saturated rings. The number of anilines is 1. The number of methoxy groups -OCH3 is 1. The van der Waals surface area contributed by atoms with Crippen molar-refractivity contribution in [1.29, 1.82) is 0 Å². The van der Waals surface area contributed by atoms with E-state index in [1.165, 1.54) is 32.2 Å². The van der Waals surface area contributed by atoms with Crippen LogP contribution < -0.4 is 14.8 Å². The Morgan fingerprint density at radius 1 is 1.17 bits per heavy atom. The number of rotatable bonds is 9. The number of nitrogens with zero attached hydrogens (tertiary/aromatic N) is 1. The summed E-state index contributed by atoms with van der Waals surface area (Å²) in [5.41, 5.74) is 0.0433. The highest BCUT2D eigenvalue weighted by Gasteiger charge is 2.26. The smallest absolute Gasteiger partial charge is 0.348 e. The first kappa shape index (κ1) is 21.7. The molecule has 0 bridgehead atoms. The van der Waals surface area contributed by atoms with Crippen molar-refractivity contribution >= 4 is 23.3 Å². The number of carbonyl (C=O) groups excluding carboxylic acids is 2. The number of amides is 1. The largest absolute Gasteiger partial charge is 0.494 e. The van der Waals surface area contributed by atoms with Crippen LogP contribution in [0, 0.1) is 10.1 Å². The van der Waals surface area contributed by atoms with Crippen LogP contribution in [0.25, 0.3) is 0 Å². The topological polar surface area (TPSA) is 117 Å². The second kappa shape index (κ2) is 10.1. The van der Waals surface area contributed by atoms with Gasteiger partial charge in [0, 0.05) is 6.07 Å². The van der Waals surface area contributed by atoms with Gasteiger partial charge in [0.15, 0.2) is 12.2 Å². The van der Waals surface area contributed by atoms with E-state index in [0.29, 0.717) is 12.2 Å². The van der Waals surface area contributed by atoms with Gasteiger partial charge in [0.1, 0.15) is 11.5 Å². The fourth-order valence-corrected chi connectivity index (χ4v) is 2.40. The van der Waals surface area contributed by atoms with Crippen molar-refractivity contribution in [2.75, 3.05) is 12.4 Å². The maximum Gasteiger partial charge on any atom is 0.348 e. The molecule has 2 aromatic carbocycles. The van der Waals surface area contributed by atoms with Crippen LogP contribution in [0.2, 0.25) is 0 Å². The Bertz CT molecular complexity index is 870. The van der Waals surface area contributed by atoms with Gasteiger partial charge in [-0.15, -0.1) is 0 Å². The third-order valence-corrected chi connectivity index (χ3v) is 3.97. The molecule has 1 N–H and O–H groups in total. The van der Waals surface area contributed by atoms with Crippen molar-refractivity contribution in [2.24, 2.45) is 0 Å². The summed E-state index contributed by atoms with van der Waals surface area (Å²) in [6.45, 7) is 3.18. The van der Waals surface area contributed by atoms with E-state index in [-0.39, 0.29) is 17.1 Å². The molecule has 0 unspecified atom stereocenters. The van der Waals surface area contributed by atoms with E-state index in [1.807, 2.05) is 6.07 Å². The molecule has 9 heteroatoms. The quantitative estimate of drug-likeness (QED) is 0.388. The SMILES string of the molecule is CC[C@H](Oc1ccccc1)C(=O)O[C@H](C)C(=O)Nc1ccc([N+](=O)[O-])cc1OC. The summed E-state index contributed by atoms with van der Waals surface area (Å²) in [5, 5.41) is 13.4. The predicted octanol–water partition coefficient (Wildman–Crippen LogP) is 3.33. The number of para-hydroxylation sites is 1. The average Bonchev–Trinajstić information content (AvgIpc) is 2.72. The second-order valence-corrected chi connectivity index (χ2v) is 6.04. The third kappa shape index (κ3) is 5.93. The molecule has 154 valence electrons. The summed E-state index contributed by atoms with van der Waals surface area (Å²) in [6, 6.07) is 12.6. The van der Waals surface area contributed by atoms with Crippen molar-refractivity contribution in [1.82, 2.24) is 0 Å². The molecule has 0 aliphatic rings. The summed E-state index contributed by atoms with van der Waals surface area (Å²) < 4.78 is 15.9. The van der Waals surface area contributed by atoms with Crippen LogP contribution in [0.1, 0.15) is 20.3 Å². The lowest BCUT2D eigenvalue weighted by atomic mass is 10.2. The molecule has 0 aliphatic heterocycles. The van der Waals surface area contributed by atoms with Crippen LogP contribution in [0.15, 0.2) is 48.5 Å². The monoisotopic (exact) mass is 402 g/mol. The zero-order chi connectivity index (χ0) is 21.4. The van der Waals surface area contributed by atoms with Gasteiger partial charge in [-0.25, -0.2) is 4.79 Å². The Hall–Kier alpha value is -3.62. The number of ether oxygens (including phenoxy) is 3. The molecule has 0 aromatic heterocycles. The van der Waals surface area contributed by atoms with Crippen molar-refractivity contribution in [2.45, 2.75) is 32.5 Å². The number of nitro benzene ring substituents is 1. The molecule has 1 amide bonds. The lowest BCUT2D eigenvalue weighted by molar-refractivity contribution is -0.384. The van der Waals surface area contributed by atoms with Crippen molar-refractivity contribution in [3.8, 4) is 11.5 Å². The number of nitrogens with one attached hydrogen (secondary N) is 1. The zero-order valence-electron chi connectivity index (χ0n) is 16.3. The summed E-state index contributed by atoms with van der Waals surface area (Å²) in [4.78, 5) is 35.0. The standard InChI is InChI=1S/C20H22N2O7/c1-4-17(29-15-8-6-5-7-9-15)20(24)28-13(2)19(23)21-16-11-10-14(22(25)26)12-18(16)27-3/h5-13,17H,4H2,1-3H3,(H,21,23)/t13-,17+/m1/s1. The molecular weight excluding hydrogens is 380 g/mol. The van der Waals surface area contributed by atoms with Gasteiger partial charge < -0.3 is 19.5 Å². The molecule has 29 heavy (non-hydrogen) atoms. The molecule has 0 saturated carbocycles. The number of esters is 1. The molecular formula is C20H22N2O7. The second-order valence-electron chi connectivity index (χ2n) is 6.04. The van der Waals surface area contributed by atoms with E-state index in [0.717, 1.165) is 0 Å². The van der Waals surface area contributed by atoms with Crippen molar-refractivity contribution < 1.29 is 28.7 Å². The summed E-state index contributed by atoms with van der Waals surface area (Å²) in [5.74, 6) is -0.649. The van der Waals surface area contributed by atoms with E-state index in [2.05, 4.69) is 5.32 Å². The van der Waals surface area contributed by atoms with Crippen LogP contribution in [0.5, 0.6) is 11.5 Å². The van der Waals surface area contributed by atoms with Crippen LogP contribution >= 0.6 is 0 Å². The van der Waals surface area contributed by atoms with Gasteiger partial charge in [-0.1, -0.05) is 25.1 Å². The Balaban J connectivity index is 2.00. The lowest BCUT2D eigenvalue weighted by Gasteiger charge is -2.20. The van der Waals surface area contributed by atoms with Gasteiger partial charge in [-0.3, -0.25) is 14.9 Å². The number of carbonyl (C=O) groups is 2. The van der Waals surface area contributed by atoms with Crippen LogP contribution in [-0.2, 0) is 14.3 Å². The van der Waals surface area contributed by atoms with Gasteiger partial charge in [-0.05, 0) is 31.5 Å². The van der Waals surface area contributed by atoms with Gasteiger partial charge >= 0.3 is 5.97 Å². The maximum atomic E-state index is 12.4. The summed E-state index contributed by atoms with van der Waals surface area (Å²) in [6.07, 6.45) is -1.62. The maximum absolute atomic E-state index is 12.4. The Morgan fingerprint density at radius 2 is 1.86 bits per heavy atom. The number of benzene rings is 2. The molecule has 0 radical (unpaired) electrons.